The van der Waals surface area contributed by atoms with Crippen LogP contribution in [0.15, 0.2) is 24.3 Å². The normalized spacial score (nSPS) is 11.0. The number of anilines is 1. The minimum Gasteiger partial charge on any atom is -0.381 e. The van der Waals surface area contributed by atoms with Crippen molar-refractivity contribution in [2.45, 2.75) is 32.3 Å². The van der Waals surface area contributed by atoms with E-state index in [4.69, 9.17) is 14.7 Å². The molecule has 0 bridgehead atoms. The number of nitriles is 1. The highest BCUT2D eigenvalue weighted by molar-refractivity contribution is 5.90. The van der Waals surface area contributed by atoms with Crippen molar-refractivity contribution in [1.82, 2.24) is 0 Å². The van der Waals surface area contributed by atoms with Crippen molar-refractivity contribution in [2.24, 2.45) is 0 Å². The number of hydrogen-bond donors (Lipinski definition) is 1. The van der Waals surface area contributed by atoms with Crippen LogP contribution in [0.2, 0.25) is 0 Å². The van der Waals surface area contributed by atoms with Crippen LogP contribution in [-0.2, 0) is 14.3 Å². The summed E-state index contributed by atoms with van der Waals surface area (Å²) in [6, 6.07) is 8.85. The van der Waals surface area contributed by atoms with Crippen LogP contribution in [-0.4, -0.2) is 31.8 Å². The van der Waals surface area contributed by atoms with Crippen molar-refractivity contribution >= 4 is 11.6 Å². The molecule has 0 aliphatic heterocycles. The number of nitrogens with zero attached hydrogens (tertiary/aromatic N) is 1. The summed E-state index contributed by atoms with van der Waals surface area (Å²) in [7, 11) is 1.67. The number of rotatable bonds is 8. The first-order valence-corrected chi connectivity index (χ1v) is 6.90. The zero-order valence-electron chi connectivity index (χ0n) is 12.8. The molecule has 1 rings (SSSR count). The third kappa shape index (κ3) is 6.89. The summed E-state index contributed by atoms with van der Waals surface area (Å²) in [6.07, 6.45) is 1.06. The highest BCUT2D eigenvalue weighted by atomic mass is 16.5. The Labute approximate surface area is 125 Å². The molecule has 0 radical (unpaired) electrons. The summed E-state index contributed by atoms with van der Waals surface area (Å²) in [5, 5.41) is 11.5. The van der Waals surface area contributed by atoms with Gasteiger partial charge in [0.25, 0.3) is 0 Å². The molecule has 0 atom stereocenters. The average molecular weight is 290 g/mol. The second kappa shape index (κ2) is 8.40. The van der Waals surface area contributed by atoms with Gasteiger partial charge in [-0.1, -0.05) is 6.07 Å². The predicted molar refractivity (Wildman–Crippen MR) is 80.9 cm³/mol. The van der Waals surface area contributed by atoms with Crippen molar-refractivity contribution < 1.29 is 14.3 Å². The van der Waals surface area contributed by atoms with E-state index in [9.17, 15) is 4.79 Å². The Morgan fingerprint density at radius 3 is 2.81 bits per heavy atom. The van der Waals surface area contributed by atoms with Gasteiger partial charge in [0.2, 0.25) is 5.91 Å². The SMILES string of the molecule is COC(C)(C)CCOCCC(=O)Nc1cccc(C#N)c1. The maximum atomic E-state index is 11.7. The summed E-state index contributed by atoms with van der Waals surface area (Å²) >= 11 is 0. The molecule has 21 heavy (non-hydrogen) atoms. The third-order valence-electron chi connectivity index (χ3n) is 3.15. The Bertz CT molecular complexity index is 506. The molecule has 1 aromatic rings. The first kappa shape index (κ1) is 17.2. The van der Waals surface area contributed by atoms with E-state index in [1.165, 1.54) is 0 Å². The van der Waals surface area contributed by atoms with Crippen LogP contribution in [0.4, 0.5) is 5.69 Å². The summed E-state index contributed by atoms with van der Waals surface area (Å²) in [5.74, 6) is -0.129. The Morgan fingerprint density at radius 2 is 2.14 bits per heavy atom. The van der Waals surface area contributed by atoms with Crippen LogP contribution in [0.25, 0.3) is 0 Å². The van der Waals surface area contributed by atoms with Crippen LogP contribution in [0.3, 0.4) is 0 Å². The third-order valence-corrected chi connectivity index (χ3v) is 3.15. The summed E-state index contributed by atoms with van der Waals surface area (Å²) in [6.45, 7) is 4.90. The molecule has 0 spiro atoms. The van der Waals surface area contributed by atoms with E-state index in [0.29, 0.717) is 24.5 Å². The molecule has 0 saturated carbocycles. The van der Waals surface area contributed by atoms with Gasteiger partial charge >= 0.3 is 0 Å². The van der Waals surface area contributed by atoms with Crippen molar-refractivity contribution in [3.05, 3.63) is 29.8 Å². The topological polar surface area (TPSA) is 71.3 Å². The van der Waals surface area contributed by atoms with E-state index in [1.54, 1.807) is 31.4 Å². The number of benzene rings is 1. The quantitative estimate of drug-likeness (QED) is 0.747. The first-order valence-electron chi connectivity index (χ1n) is 6.90. The van der Waals surface area contributed by atoms with Gasteiger partial charge < -0.3 is 14.8 Å². The van der Waals surface area contributed by atoms with Gasteiger partial charge in [-0.3, -0.25) is 4.79 Å². The molecule has 5 nitrogen and oxygen atoms in total. The number of amides is 1. The van der Waals surface area contributed by atoms with Crippen molar-refractivity contribution in [2.75, 3.05) is 25.6 Å². The molecule has 0 aromatic heterocycles. The highest BCUT2D eigenvalue weighted by Gasteiger charge is 2.15. The molecule has 0 fully saturated rings. The average Bonchev–Trinajstić information content (AvgIpc) is 2.47. The fourth-order valence-electron chi connectivity index (χ4n) is 1.58. The minimum atomic E-state index is -0.208. The van der Waals surface area contributed by atoms with Gasteiger partial charge in [-0.05, 0) is 38.5 Å². The highest BCUT2D eigenvalue weighted by Crippen LogP contribution is 2.13. The maximum absolute atomic E-state index is 11.7. The lowest BCUT2D eigenvalue weighted by Gasteiger charge is -2.22. The van der Waals surface area contributed by atoms with E-state index in [0.717, 1.165) is 6.42 Å². The van der Waals surface area contributed by atoms with E-state index in [2.05, 4.69) is 5.32 Å². The molecular weight excluding hydrogens is 268 g/mol. The van der Waals surface area contributed by atoms with Crippen molar-refractivity contribution in [3.8, 4) is 6.07 Å². The molecule has 1 aromatic carbocycles. The lowest BCUT2D eigenvalue weighted by Crippen LogP contribution is -2.24. The molecule has 5 heteroatoms. The standard InChI is InChI=1S/C16H22N2O3/c1-16(2,20-3)8-10-21-9-7-15(19)18-14-6-4-5-13(11-14)12-17/h4-6,11H,7-10H2,1-3H3,(H,18,19). The number of ether oxygens (including phenoxy) is 2. The summed E-state index contributed by atoms with van der Waals surface area (Å²) < 4.78 is 10.7. The van der Waals surface area contributed by atoms with Gasteiger partial charge in [-0.15, -0.1) is 0 Å². The first-order chi connectivity index (χ1) is 9.96. The molecule has 0 unspecified atom stereocenters. The van der Waals surface area contributed by atoms with Gasteiger partial charge in [0.1, 0.15) is 0 Å². The molecule has 0 aliphatic rings. The Morgan fingerprint density at radius 1 is 1.38 bits per heavy atom. The zero-order chi connectivity index (χ0) is 15.7. The largest absolute Gasteiger partial charge is 0.381 e. The second-order valence-electron chi connectivity index (χ2n) is 5.32. The molecule has 1 N–H and O–H groups in total. The van der Waals surface area contributed by atoms with E-state index in [1.807, 2.05) is 19.9 Å². The van der Waals surface area contributed by atoms with E-state index in [-0.39, 0.29) is 17.9 Å². The van der Waals surface area contributed by atoms with Crippen LogP contribution < -0.4 is 5.32 Å². The lowest BCUT2D eigenvalue weighted by atomic mass is 10.1. The maximum Gasteiger partial charge on any atom is 0.226 e. The van der Waals surface area contributed by atoms with Gasteiger partial charge in [0.05, 0.1) is 30.3 Å². The van der Waals surface area contributed by atoms with Crippen molar-refractivity contribution in [1.29, 1.82) is 5.26 Å². The fourth-order valence-corrected chi connectivity index (χ4v) is 1.58. The van der Waals surface area contributed by atoms with Crippen LogP contribution >= 0.6 is 0 Å². The van der Waals surface area contributed by atoms with Crippen molar-refractivity contribution in [3.63, 3.8) is 0 Å². The molecule has 1 amide bonds. The molecule has 0 heterocycles. The summed E-state index contributed by atoms with van der Waals surface area (Å²) in [4.78, 5) is 11.7. The van der Waals surface area contributed by atoms with Gasteiger partial charge in [0, 0.05) is 19.4 Å². The van der Waals surface area contributed by atoms with Gasteiger partial charge in [-0.25, -0.2) is 0 Å². The van der Waals surface area contributed by atoms with Crippen LogP contribution in [0, 0.1) is 11.3 Å². The smallest absolute Gasteiger partial charge is 0.226 e. The van der Waals surface area contributed by atoms with Crippen LogP contribution in [0.1, 0.15) is 32.3 Å². The Kier molecular flexibility index (Phi) is 6.86. The number of methoxy groups -OCH3 is 1. The lowest BCUT2D eigenvalue weighted by molar-refractivity contribution is -0.117. The molecular formula is C16H22N2O3. The number of carbonyl (C=O) groups excluding carboxylic acids is 1. The zero-order valence-corrected chi connectivity index (χ0v) is 12.8. The Hall–Kier alpha value is -1.90. The minimum absolute atomic E-state index is 0.129. The number of hydrogen-bond acceptors (Lipinski definition) is 4. The molecule has 0 saturated heterocycles. The number of nitrogens with one attached hydrogen (secondary N) is 1. The second-order valence-corrected chi connectivity index (χ2v) is 5.32. The molecule has 114 valence electrons. The van der Waals surface area contributed by atoms with E-state index < -0.39 is 0 Å². The monoisotopic (exact) mass is 290 g/mol. The number of carbonyl (C=O) groups is 1. The molecule has 0 aliphatic carbocycles. The van der Waals surface area contributed by atoms with Gasteiger partial charge in [0.15, 0.2) is 0 Å². The van der Waals surface area contributed by atoms with Crippen LogP contribution in [0.5, 0.6) is 0 Å². The predicted octanol–water partition coefficient (Wildman–Crippen LogP) is 2.72. The fraction of sp³-hybridized carbons (Fsp3) is 0.500. The van der Waals surface area contributed by atoms with E-state index >= 15 is 0 Å². The summed E-state index contributed by atoms with van der Waals surface area (Å²) in [5.41, 5.74) is 0.936. The van der Waals surface area contributed by atoms with Gasteiger partial charge in [-0.2, -0.15) is 5.26 Å². The Balaban J connectivity index is 2.24.